The summed E-state index contributed by atoms with van der Waals surface area (Å²) in [5.74, 6) is 1.47. The smallest absolute Gasteiger partial charge is 0.165 e. The molecule has 0 saturated heterocycles. The minimum atomic E-state index is -0.327. The van der Waals surface area contributed by atoms with Gasteiger partial charge >= 0.3 is 0 Å². The summed E-state index contributed by atoms with van der Waals surface area (Å²) >= 11 is 0. The summed E-state index contributed by atoms with van der Waals surface area (Å²) in [4.78, 5) is 6.84. The van der Waals surface area contributed by atoms with E-state index in [1.165, 1.54) is 16.7 Å². The predicted molar refractivity (Wildman–Crippen MR) is 170 cm³/mol. The van der Waals surface area contributed by atoms with Crippen LogP contribution < -0.4 is 14.4 Å². The molecule has 0 heterocycles. The zero-order valence-electron chi connectivity index (χ0n) is 26.0. The second-order valence-electron chi connectivity index (χ2n) is 11.6. The van der Waals surface area contributed by atoms with Crippen molar-refractivity contribution in [3.8, 4) is 17.2 Å². The molecule has 0 bridgehead atoms. The van der Waals surface area contributed by atoms with Crippen LogP contribution >= 0.6 is 0 Å². The Morgan fingerprint density at radius 1 is 0.905 bits per heavy atom. The maximum atomic E-state index is 15.1. The number of hydrogen-bond donors (Lipinski definition) is 1. The lowest BCUT2D eigenvalue weighted by Crippen LogP contribution is -2.33. The van der Waals surface area contributed by atoms with Gasteiger partial charge in [0, 0.05) is 44.5 Å². The summed E-state index contributed by atoms with van der Waals surface area (Å²) < 4.78 is 26.5. The van der Waals surface area contributed by atoms with Crippen LogP contribution in [0.15, 0.2) is 54.6 Å². The Hall–Kier alpha value is -3.29. The number of phenolic OH excluding ortho intramolecular Hbond substituents is 1. The quantitative estimate of drug-likeness (QED) is 0.223. The Morgan fingerprint density at radius 2 is 1.69 bits per heavy atom. The number of fused-ring (bicyclic) bond motifs is 1. The van der Waals surface area contributed by atoms with Gasteiger partial charge in [0.15, 0.2) is 11.6 Å². The van der Waals surface area contributed by atoms with E-state index in [0.29, 0.717) is 30.6 Å². The first kappa shape index (κ1) is 31.6. The molecule has 0 amide bonds. The van der Waals surface area contributed by atoms with Crippen molar-refractivity contribution in [1.29, 1.82) is 0 Å². The van der Waals surface area contributed by atoms with Gasteiger partial charge in [0.25, 0.3) is 0 Å². The van der Waals surface area contributed by atoms with Gasteiger partial charge in [-0.2, -0.15) is 0 Å². The number of rotatable bonds is 15. The van der Waals surface area contributed by atoms with E-state index in [1.807, 2.05) is 24.3 Å². The van der Waals surface area contributed by atoms with Crippen LogP contribution in [0, 0.1) is 5.82 Å². The number of methoxy groups -OCH3 is 1. The van der Waals surface area contributed by atoms with Gasteiger partial charge in [0.1, 0.15) is 18.1 Å². The van der Waals surface area contributed by atoms with Gasteiger partial charge in [0.2, 0.25) is 0 Å². The van der Waals surface area contributed by atoms with E-state index in [4.69, 9.17) is 9.47 Å². The zero-order chi connectivity index (χ0) is 30.1. The molecule has 1 N–H and O–H groups in total. The summed E-state index contributed by atoms with van der Waals surface area (Å²) in [6.07, 6.45) is 4.03. The molecule has 42 heavy (non-hydrogen) atoms. The molecule has 228 valence electrons. The van der Waals surface area contributed by atoms with Gasteiger partial charge < -0.3 is 29.3 Å². The van der Waals surface area contributed by atoms with Crippen molar-refractivity contribution in [2.24, 2.45) is 0 Å². The number of ether oxygens (including phenoxy) is 2. The van der Waals surface area contributed by atoms with Crippen molar-refractivity contribution in [3.63, 3.8) is 0 Å². The van der Waals surface area contributed by atoms with Crippen molar-refractivity contribution in [2.45, 2.75) is 52.0 Å². The van der Waals surface area contributed by atoms with E-state index in [0.717, 1.165) is 75.4 Å². The first-order chi connectivity index (χ1) is 20.3. The maximum absolute atomic E-state index is 15.1. The molecular weight excluding hydrogens is 529 g/mol. The fourth-order valence-electron chi connectivity index (χ4n) is 5.88. The topological polar surface area (TPSA) is 48.4 Å². The monoisotopic (exact) mass is 577 g/mol. The van der Waals surface area contributed by atoms with E-state index < -0.39 is 0 Å². The van der Waals surface area contributed by atoms with Gasteiger partial charge in [-0.15, -0.1) is 0 Å². The van der Waals surface area contributed by atoms with E-state index in [1.54, 1.807) is 25.3 Å². The van der Waals surface area contributed by atoms with Crippen molar-refractivity contribution in [1.82, 2.24) is 9.80 Å². The van der Waals surface area contributed by atoms with Gasteiger partial charge in [-0.25, -0.2) is 4.39 Å². The molecule has 0 aromatic heterocycles. The van der Waals surface area contributed by atoms with Crippen LogP contribution in [0.2, 0.25) is 0 Å². The summed E-state index contributed by atoms with van der Waals surface area (Å²) in [5, 5.41) is 9.91. The first-order valence-corrected chi connectivity index (χ1v) is 15.3. The number of halogens is 1. The molecule has 4 rings (SSSR count). The van der Waals surface area contributed by atoms with Crippen LogP contribution in [0.5, 0.6) is 17.2 Å². The number of likely N-dealkylation sites (N-methyl/N-ethyl adjacent to an activating group) is 2. The lowest BCUT2D eigenvalue weighted by Gasteiger charge is -2.32. The lowest BCUT2D eigenvalue weighted by molar-refractivity contribution is 0.209. The normalized spacial score (nSPS) is 14.7. The van der Waals surface area contributed by atoms with Crippen LogP contribution in [0.1, 0.15) is 54.9 Å². The molecule has 1 aliphatic rings. The van der Waals surface area contributed by atoms with Gasteiger partial charge in [-0.05, 0) is 112 Å². The number of aromatic hydroxyl groups is 1. The molecule has 1 aliphatic carbocycles. The highest BCUT2D eigenvalue weighted by atomic mass is 19.1. The van der Waals surface area contributed by atoms with Crippen LogP contribution in [-0.4, -0.2) is 75.4 Å². The maximum Gasteiger partial charge on any atom is 0.165 e. The Morgan fingerprint density at radius 3 is 2.40 bits per heavy atom. The fourth-order valence-corrected chi connectivity index (χ4v) is 5.88. The van der Waals surface area contributed by atoms with Gasteiger partial charge in [-0.3, -0.25) is 0 Å². The Balaban J connectivity index is 1.42. The molecule has 6 nitrogen and oxygen atoms in total. The Labute approximate surface area is 251 Å². The van der Waals surface area contributed by atoms with Crippen molar-refractivity contribution >= 4 is 5.69 Å². The largest absolute Gasteiger partial charge is 0.508 e. The van der Waals surface area contributed by atoms with E-state index in [-0.39, 0.29) is 5.82 Å². The number of hydrogen-bond acceptors (Lipinski definition) is 6. The van der Waals surface area contributed by atoms with Crippen molar-refractivity contribution in [2.75, 3.05) is 65.4 Å². The molecule has 7 heteroatoms. The Kier molecular flexibility index (Phi) is 11.5. The summed E-state index contributed by atoms with van der Waals surface area (Å²) in [6, 6.07) is 17.4. The average molecular weight is 578 g/mol. The molecular formula is C35H48FN3O3. The molecule has 1 atom stereocenters. The van der Waals surface area contributed by atoms with E-state index in [9.17, 15) is 5.11 Å². The second kappa shape index (κ2) is 15.3. The predicted octanol–water partition coefficient (Wildman–Crippen LogP) is 6.49. The summed E-state index contributed by atoms with van der Waals surface area (Å²) in [5.41, 5.74) is 5.83. The van der Waals surface area contributed by atoms with Crippen molar-refractivity contribution in [3.05, 3.63) is 82.7 Å². The molecule has 0 fully saturated rings. The molecule has 1 unspecified atom stereocenters. The SMILES string of the molecule is CCCN(C)CCN(C)CCOc1ccc(CN(CC)c2cc(OC)ccc2C2CCc3cc(O)ccc3C2)cc1F. The van der Waals surface area contributed by atoms with Crippen LogP contribution in [0.4, 0.5) is 10.1 Å². The molecule has 0 aliphatic heterocycles. The third-order valence-electron chi connectivity index (χ3n) is 8.39. The number of anilines is 1. The number of aryl methyl sites for hydroxylation is 1. The zero-order valence-corrected chi connectivity index (χ0v) is 26.0. The summed E-state index contributed by atoms with van der Waals surface area (Å²) in [6.45, 7) is 9.93. The number of nitrogens with zero attached hydrogens (tertiary/aromatic N) is 3. The van der Waals surface area contributed by atoms with Crippen LogP contribution in [-0.2, 0) is 19.4 Å². The second-order valence-corrected chi connectivity index (χ2v) is 11.6. The molecule has 3 aromatic carbocycles. The van der Waals surface area contributed by atoms with Crippen LogP contribution in [0.3, 0.4) is 0 Å². The highest BCUT2D eigenvalue weighted by Crippen LogP contribution is 2.40. The van der Waals surface area contributed by atoms with Crippen molar-refractivity contribution < 1.29 is 19.0 Å². The minimum Gasteiger partial charge on any atom is -0.508 e. The highest BCUT2D eigenvalue weighted by molar-refractivity contribution is 5.60. The molecule has 0 saturated carbocycles. The average Bonchev–Trinajstić information content (AvgIpc) is 2.99. The summed E-state index contributed by atoms with van der Waals surface area (Å²) in [7, 11) is 5.91. The van der Waals surface area contributed by atoms with E-state index >= 15 is 4.39 Å². The number of phenols is 1. The lowest BCUT2D eigenvalue weighted by atomic mass is 9.79. The third kappa shape index (κ3) is 8.39. The van der Waals surface area contributed by atoms with Gasteiger partial charge in [-0.1, -0.05) is 25.1 Å². The minimum absolute atomic E-state index is 0.298. The van der Waals surface area contributed by atoms with E-state index in [2.05, 4.69) is 54.8 Å². The number of benzene rings is 3. The highest BCUT2D eigenvalue weighted by Gasteiger charge is 2.25. The Bertz CT molecular complexity index is 1300. The van der Waals surface area contributed by atoms with Gasteiger partial charge in [0.05, 0.1) is 7.11 Å². The molecule has 3 aromatic rings. The standard InChI is InChI=1S/C35H48FN3O3/c1-6-16-37(3)17-18-38(4)19-20-42-35-15-8-26(21-33(35)36)25-39(7-2)34-24-31(41-5)13-14-32(34)29-10-9-28-23-30(40)12-11-27(28)22-29/h8,11-15,21,23-24,29,40H,6-7,9-10,16-20,22,25H2,1-5H3. The molecule has 0 spiro atoms. The fraction of sp³-hybridized carbons (Fsp3) is 0.486. The first-order valence-electron chi connectivity index (χ1n) is 15.3. The third-order valence-corrected chi connectivity index (χ3v) is 8.39. The van der Waals surface area contributed by atoms with Crippen LogP contribution in [0.25, 0.3) is 0 Å². The molecule has 0 radical (unpaired) electrons.